The summed E-state index contributed by atoms with van der Waals surface area (Å²) in [6, 6.07) is 48.1. The summed E-state index contributed by atoms with van der Waals surface area (Å²) < 4.78 is 2.43. The van der Waals surface area contributed by atoms with Crippen LogP contribution >= 0.6 is 0 Å². The van der Waals surface area contributed by atoms with Crippen LogP contribution < -0.4 is 4.57 Å². The SMILES string of the molecule is c1ccc(-c2c3c4ccccc4ccc3[n+](-c3ccccc3)c3ccc4ccccc4c23)cc1. The van der Waals surface area contributed by atoms with E-state index in [1.807, 2.05) is 0 Å². The summed E-state index contributed by atoms with van der Waals surface area (Å²) in [5.41, 5.74) is 6.14. The summed E-state index contributed by atoms with van der Waals surface area (Å²) in [5.74, 6) is 0. The Bertz CT molecular complexity index is 1740. The molecule has 1 aromatic heterocycles. The standard InChI is InChI=1S/C33H22N/c1-3-13-25(14-4-1)31-32-27-17-9-7-11-23(27)19-21-29(32)34(26-15-5-2-6-16-26)30-22-20-24-12-8-10-18-28(24)33(30)31/h1-22H/q+1. The highest BCUT2D eigenvalue weighted by Crippen LogP contribution is 2.41. The molecule has 0 atom stereocenters. The first-order chi connectivity index (χ1) is 16.9. The van der Waals surface area contributed by atoms with Crippen LogP contribution in [-0.2, 0) is 0 Å². The van der Waals surface area contributed by atoms with Crippen LogP contribution in [-0.4, -0.2) is 0 Å². The van der Waals surface area contributed by atoms with E-state index in [-0.39, 0.29) is 0 Å². The van der Waals surface area contributed by atoms with Gasteiger partial charge in [0.25, 0.3) is 0 Å². The molecule has 6 aromatic carbocycles. The zero-order valence-corrected chi connectivity index (χ0v) is 18.6. The first-order valence-electron chi connectivity index (χ1n) is 11.7. The van der Waals surface area contributed by atoms with Gasteiger partial charge in [-0.2, -0.15) is 4.57 Å². The first kappa shape index (κ1) is 19.0. The minimum atomic E-state index is 1.17. The van der Waals surface area contributed by atoms with Crippen LogP contribution in [0.1, 0.15) is 0 Å². The van der Waals surface area contributed by atoms with E-state index < -0.39 is 0 Å². The number of pyridine rings is 1. The van der Waals surface area contributed by atoms with Gasteiger partial charge < -0.3 is 0 Å². The zero-order valence-electron chi connectivity index (χ0n) is 18.6. The van der Waals surface area contributed by atoms with E-state index >= 15 is 0 Å². The summed E-state index contributed by atoms with van der Waals surface area (Å²) in [5, 5.41) is 7.64. The van der Waals surface area contributed by atoms with Gasteiger partial charge in [0.1, 0.15) is 0 Å². The smallest absolute Gasteiger partial charge is 0.153 e. The molecule has 0 spiro atoms. The Morgan fingerprint density at radius 2 is 0.853 bits per heavy atom. The molecule has 0 unspecified atom stereocenters. The van der Waals surface area contributed by atoms with Crippen molar-refractivity contribution in [3.8, 4) is 16.8 Å². The molecule has 0 aliphatic rings. The van der Waals surface area contributed by atoms with Crippen molar-refractivity contribution in [1.29, 1.82) is 0 Å². The maximum Gasteiger partial charge on any atom is 0.220 e. The van der Waals surface area contributed by atoms with Crippen molar-refractivity contribution in [3.05, 3.63) is 133 Å². The van der Waals surface area contributed by atoms with Gasteiger partial charge in [-0.3, -0.25) is 0 Å². The van der Waals surface area contributed by atoms with E-state index in [1.165, 1.54) is 60.2 Å². The molecule has 0 amide bonds. The molecule has 158 valence electrons. The number of hydrogen-bond acceptors (Lipinski definition) is 0. The molecule has 7 rings (SSSR count). The maximum atomic E-state index is 2.43. The minimum absolute atomic E-state index is 1.17. The van der Waals surface area contributed by atoms with Crippen molar-refractivity contribution in [1.82, 2.24) is 0 Å². The average molecular weight is 433 g/mol. The summed E-state index contributed by atoms with van der Waals surface area (Å²) in [4.78, 5) is 0. The van der Waals surface area contributed by atoms with Gasteiger partial charge in [-0.05, 0) is 39.2 Å². The Morgan fingerprint density at radius 1 is 0.382 bits per heavy atom. The molecule has 0 N–H and O–H groups in total. The molecular weight excluding hydrogens is 410 g/mol. The van der Waals surface area contributed by atoms with Crippen LogP contribution in [0.2, 0.25) is 0 Å². The molecule has 0 saturated carbocycles. The van der Waals surface area contributed by atoms with Crippen molar-refractivity contribution in [3.63, 3.8) is 0 Å². The maximum absolute atomic E-state index is 2.43. The molecule has 1 heteroatoms. The van der Waals surface area contributed by atoms with Gasteiger partial charge in [-0.1, -0.05) is 97.1 Å². The summed E-state index contributed by atoms with van der Waals surface area (Å²) in [6.07, 6.45) is 0. The predicted octanol–water partition coefficient (Wildman–Crippen LogP) is 8.24. The van der Waals surface area contributed by atoms with E-state index in [4.69, 9.17) is 0 Å². The monoisotopic (exact) mass is 432 g/mol. The van der Waals surface area contributed by atoms with Gasteiger partial charge >= 0.3 is 0 Å². The van der Waals surface area contributed by atoms with Crippen LogP contribution in [0.15, 0.2) is 133 Å². The number of aromatic nitrogens is 1. The lowest BCUT2D eigenvalue weighted by Gasteiger charge is -2.16. The van der Waals surface area contributed by atoms with Crippen LogP contribution in [0.25, 0.3) is 60.2 Å². The Hall–Kier alpha value is -4.49. The first-order valence-corrected chi connectivity index (χ1v) is 11.7. The third-order valence-electron chi connectivity index (χ3n) is 6.87. The van der Waals surface area contributed by atoms with E-state index in [2.05, 4.69) is 138 Å². The number of nitrogens with zero attached hydrogens (tertiary/aromatic N) is 1. The second-order valence-corrected chi connectivity index (χ2v) is 8.77. The Kier molecular flexibility index (Phi) is 4.22. The summed E-state index contributed by atoms with van der Waals surface area (Å²) in [6.45, 7) is 0. The Balaban J connectivity index is 1.86. The lowest BCUT2D eigenvalue weighted by atomic mass is 9.90. The van der Waals surface area contributed by atoms with Crippen molar-refractivity contribution in [2.45, 2.75) is 0 Å². The summed E-state index contributed by atoms with van der Waals surface area (Å²) >= 11 is 0. The topological polar surface area (TPSA) is 3.88 Å². The summed E-state index contributed by atoms with van der Waals surface area (Å²) in [7, 11) is 0. The Labute approximate surface area is 198 Å². The Morgan fingerprint density at radius 3 is 1.41 bits per heavy atom. The number of benzene rings is 6. The highest BCUT2D eigenvalue weighted by molar-refractivity contribution is 6.23. The fraction of sp³-hybridized carbons (Fsp3) is 0. The van der Waals surface area contributed by atoms with Gasteiger partial charge in [-0.15, -0.1) is 0 Å². The van der Waals surface area contributed by atoms with Crippen LogP contribution in [0, 0.1) is 0 Å². The van der Waals surface area contributed by atoms with Gasteiger partial charge in [0.2, 0.25) is 16.7 Å². The quantitative estimate of drug-likeness (QED) is 0.147. The van der Waals surface area contributed by atoms with Gasteiger partial charge in [0, 0.05) is 29.8 Å². The molecule has 0 fully saturated rings. The second-order valence-electron chi connectivity index (χ2n) is 8.77. The lowest BCUT2D eigenvalue weighted by molar-refractivity contribution is -0.537. The van der Waals surface area contributed by atoms with Gasteiger partial charge in [0.05, 0.1) is 10.8 Å². The second kappa shape index (κ2) is 7.54. The molecule has 7 aromatic rings. The number of fused-ring (bicyclic) bond motifs is 6. The molecule has 0 saturated heterocycles. The van der Waals surface area contributed by atoms with Crippen molar-refractivity contribution < 1.29 is 4.57 Å². The minimum Gasteiger partial charge on any atom is -0.153 e. The molecule has 0 aliphatic carbocycles. The third kappa shape index (κ3) is 2.77. The van der Waals surface area contributed by atoms with E-state index in [9.17, 15) is 0 Å². The zero-order chi connectivity index (χ0) is 22.5. The van der Waals surface area contributed by atoms with Crippen molar-refractivity contribution >= 4 is 43.4 Å². The van der Waals surface area contributed by atoms with Crippen molar-refractivity contribution in [2.24, 2.45) is 0 Å². The fourth-order valence-electron chi connectivity index (χ4n) is 5.42. The predicted molar refractivity (Wildman–Crippen MR) is 143 cm³/mol. The third-order valence-corrected chi connectivity index (χ3v) is 6.87. The molecule has 1 nitrogen and oxygen atoms in total. The molecule has 34 heavy (non-hydrogen) atoms. The van der Waals surface area contributed by atoms with Crippen LogP contribution in [0.3, 0.4) is 0 Å². The van der Waals surface area contributed by atoms with Gasteiger partial charge in [-0.25, -0.2) is 0 Å². The van der Waals surface area contributed by atoms with Crippen LogP contribution in [0.4, 0.5) is 0 Å². The van der Waals surface area contributed by atoms with Crippen LogP contribution in [0.5, 0.6) is 0 Å². The van der Waals surface area contributed by atoms with E-state index in [1.54, 1.807) is 0 Å². The largest absolute Gasteiger partial charge is 0.220 e. The van der Waals surface area contributed by atoms with E-state index in [0.717, 1.165) is 0 Å². The molecule has 0 bridgehead atoms. The fourth-order valence-corrected chi connectivity index (χ4v) is 5.42. The lowest BCUT2D eigenvalue weighted by Crippen LogP contribution is -2.33. The number of hydrogen-bond donors (Lipinski definition) is 0. The number of para-hydroxylation sites is 1. The van der Waals surface area contributed by atoms with Gasteiger partial charge in [0.15, 0.2) is 0 Å². The average Bonchev–Trinajstić information content (AvgIpc) is 2.92. The highest BCUT2D eigenvalue weighted by atomic mass is 15.0. The highest BCUT2D eigenvalue weighted by Gasteiger charge is 2.26. The molecule has 1 heterocycles. The normalized spacial score (nSPS) is 11.5. The molecule has 0 radical (unpaired) electrons. The van der Waals surface area contributed by atoms with E-state index in [0.29, 0.717) is 0 Å². The molecular formula is C33H22N+. The van der Waals surface area contributed by atoms with Crippen molar-refractivity contribution in [2.75, 3.05) is 0 Å². The molecule has 0 aliphatic heterocycles. The number of rotatable bonds is 2.